The average Bonchev–Trinajstić information content (AvgIpc) is 2.49. The lowest BCUT2D eigenvalue weighted by Crippen LogP contribution is -2.35. The molecule has 25 heavy (non-hydrogen) atoms. The Kier molecular flexibility index (Phi) is 12.6. The molecule has 1 unspecified atom stereocenters. The molecule has 0 heterocycles. The van der Waals surface area contributed by atoms with Crippen molar-refractivity contribution in [2.45, 2.75) is 93.1 Å². The highest BCUT2D eigenvalue weighted by atomic mass is 16.6. The van der Waals surface area contributed by atoms with Gasteiger partial charge in [-0.25, -0.2) is 0 Å². The van der Waals surface area contributed by atoms with E-state index in [1.54, 1.807) is 0 Å². The van der Waals surface area contributed by atoms with Crippen LogP contribution in [0, 0.1) is 5.41 Å². The number of hydrogen-bond acceptors (Lipinski definition) is 3. The number of hydrogen-bond donors (Lipinski definition) is 0. The molecule has 146 valence electrons. The van der Waals surface area contributed by atoms with Crippen LogP contribution in [0.15, 0.2) is 23.3 Å². The standard InChI is InChI=1S/C22H40O3/c1-8-9-10-14-21(23)25-20(22(5,6)7)17-24-16-15-19(4)13-11-12-18(2)3/h12,15,20H,8-11,13-14,16-17H2,1-7H3. The Labute approximate surface area is 155 Å². The lowest BCUT2D eigenvalue weighted by Gasteiger charge is -2.30. The van der Waals surface area contributed by atoms with Crippen molar-refractivity contribution in [2.75, 3.05) is 13.2 Å². The first-order chi connectivity index (χ1) is 11.7. The molecule has 0 aromatic carbocycles. The minimum atomic E-state index is -0.207. The summed E-state index contributed by atoms with van der Waals surface area (Å²) in [6.45, 7) is 15.8. The molecule has 0 spiro atoms. The van der Waals surface area contributed by atoms with E-state index in [4.69, 9.17) is 9.47 Å². The smallest absolute Gasteiger partial charge is 0.306 e. The molecule has 0 radical (unpaired) electrons. The van der Waals surface area contributed by atoms with Gasteiger partial charge in [0.15, 0.2) is 0 Å². The second-order valence-corrected chi connectivity index (χ2v) is 8.21. The van der Waals surface area contributed by atoms with Crippen molar-refractivity contribution in [2.24, 2.45) is 5.41 Å². The van der Waals surface area contributed by atoms with Crippen molar-refractivity contribution in [1.82, 2.24) is 0 Å². The van der Waals surface area contributed by atoms with Crippen LogP contribution in [0.3, 0.4) is 0 Å². The minimum absolute atomic E-state index is 0.106. The van der Waals surface area contributed by atoms with E-state index < -0.39 is 0 Å². The fourth-order valence-corrected chi connectivity index (χ4v) is 2.26. The predicted molar refractivity (Wildman–Crippen MR) is 107 cm³/mol. The fourth-order valence-electron chi connectivity index (χ4n) is 2.26. The highest BCUT2D eigenvalue weighted by molar-refractivity contribution is 5.69. The Hall–Kier alpha value is -1.09. The van der Waals surface area contributed by atoms with Gasteiger partial charge in [0, 0.05) is 11.8 Å². The van der Waals surface area contributed by atoms with E-state index in [1.807, 2.05) is 0 Å². The van der Waals surface area contributed by atoms with Gasteiger partial charge in [-0.2, -0.15) is 0 Å². The molecule has 1 atom stereocenters. The predicted octanol–water partition coefficient (Wildman–Crippen LogP) is 6.23. The summed E-state index contributed by atoms with van der Waals surface area (Å²) in [4.78, 5) is 12.0. The third-order valence-corrected chi connectivity index (χ3v) is 4.13. The van der Waals surface area contributed by atoms with E-state index in [0.717, 1.165) is 32.1 Å². The van der Waals surface area contributed by atoms with Gasteiger partial charge in [-0.15, -0.1) is 0 Å². The SMILES string of the molecule is CCCCCC(=O)OC(COCC=C(C)CCC=C(C)C)C(C)(C)C. The molecule has 0 N–H and O–H groups in total. The topological polar surface area (TPSA) is 35.5 Å². The Morgan fingerprint density at radius 2 is 1.72 bits per heavy atom. The molecule has 0 aliphatic heterocycles. The zero-order valence-electron chi connectivity index (χ0n) is 17.6. The average molecular weight is 353 g/mol. The summed E-state index contributed by atoms with van der Waals surface area (Å²) in [6.07, 6.45) is 9.90. The normalized spacial score (nSPS) is 13.5. The summed E-state index contributed by atoms with van der Waals surface area (Å²) in [5, 5.41) is 0. The molecule has 0 bridgehead atoms. The van der Waals surface area contributed by atoms with Crippen molar-refractivity contribution in [1.29, 1.82) is 0 Å². The van der Waals surface area contributed by atoms with Crippen LogP contribution in [0.2, 0.25) is 0 Å². The van der Waals surface area contributed by atoms with E-state index in [2.05, 4.69) is 60.6 Å². The molecule has 0 saturated heterocycles. The summed E-state index contributed by atoms with van der Waals surface area (Å²) in [7, 11) is 0. The molecular formula is C22H40O3. The number of unbranched alkanes of at least 4 members (excludes halogenated alkanes) is 2. The van der Waals surface area contributed by atoms with Crippen LogP contribution in [0.1, 0.15) is 87.0 Å². The highest BCUT2D eigenvalue weighted by Crippen LogP contribution is 2.23. The number of ether oxygens (including phenoxy) is 2. The first-order valence-electron chi connectivity index (χ1n) is 9.73. The van der Waals surface area contributed by atoms with Crippen LogP contribution in [0.4, 0.5) is 0 Å². The molecule has 0 aliphatic carbocycles. The van der Waals surface area contributed by atoms with Crippen LogP contribution < -0.4 is 0 Å². The van der Waals surface area contributed by atoms with E-state index >= 15 is 0 Å². The highest BCUT2D eigenvalue weighted by Gasteiger charge is 2.28. The van der Waals surface area contributed by atoms with Crippen LogP contribution in [0.25, 0.3) is 0 Å². The first-order valence-corrected chi connectivity index (χ1v) is 9.73. The zero-order valence-corrected chi connectivity index (χ0v) is 17.6. The number of allylic oxidation sites excluding steroid dienone is 3. The maximum atomic E-state index is 12.0. The van der Waals surface area contributed by atoms with Crippen molar-refractivity contribution < 1.29 is 14.3 Å². The monoisotopic (exact) mass is 352 g/mol. The first kappa shape index (κ1) is 23.9. The van der Waals surface area contributed by atoms with E-state index in [0.29, 0.717) is 19.6 Å². The number of rotatable bonds is 12. The van der Waals surface area contributed by atoms with Gasteiger partial charge >= 0.3 is 5.97 Å². The molecule has 3 heteroatoms. The van der Waals surface area contributed by atoms with E-state index in [-0.39, 0.29) is 17.5 Å². The zero-order chi connectivity index (χ0) is 19.3. The fraction of sp³-hybridized carbons (Fsp3) is 0.773. The maximum absolute atomic E-state index is 12.0. The second kappa shape index (κ2) is 13.2. The molecule has 0 rings (SSSR count). The van der Waals surface area contributed by atoms with Gasteiger partial charge in [0.2, 0.25) is 0 Å². The third-order valence-electron chi connectivity index (χ3n) is 4.13. The Balaban J connectivity index is 4.28. The Bertz CT molecular complexity index is 423. The van der Waals surface area contributed by atoms with Gasteiger partial charge in [-0.1, -0.05) is 63.8 Å². The summed E-state index contributed by atoms with van der Waals surface area (Å²) < 4.78 is 11.4. The Morgan fingerprint density at radius 1 is 1.04 bits per heavy atom. The van der Waals surface area contributed by atoms with Crippen LogP contribution in [-0.2, 0) is 14.3 Å². The van der Waals surface area contributed by atoms with Crippen molar-refractivity contribution in [3.05, 3.63) is 23.3 Å². The minimum Gasteiger partial charge on any atom is -0.459 e. The molecule has 3 nitrogen and oxygen atoms in total. The molecule has 0 aromatic rings. The van der Waals surface area contributed by atoms with Crippen molar-refractivity contribution in [3.8, 4) is 0 Å². The summed E-state index contributed by atoms with van der Waals surface area (Å²) >= 11 is 0. The van der Waals surface area contributed by atoms with Crippen LogP contribution in [-0.4, -0.2) is 25.3 Å². The number of carbonyl (C=O) groups is 1. The molecule has 0 fully saturated rings. The second-order valence-electron chi connectivity index (χ2n) is 8.21. The van der Waals surface area contributed by atoms with Gasteiger partial charge in [0.1, 0.15) is 6.10 Å². The largest absolute Gasteiger partial charge is 0.459 e. The third kappa shape index (κ3) is 13.8. The van der Waals surface area contributed by atoms with Gasteiger partial charge in [-0.3, -0.25) is 4.79 Å². The molecule has 0 aliphatic rings. The Morgan fingerprint density at radius 3 is 2.28 bits per heavy atom. The quantitative estimate of drug-likeness (QED) is 0.237. The summed E-state index contributed by atoms with van der Waals surface area (Å²) in [5.41, 5.74) is 2.57. The van der Waals surface area contributed by atoms with Gasteiger partial charge in [0.05, 0.1) is 13.2 Å². The molecule has 0 aromatic heterocycles. The lowest BCUT2D eigenvalue weighted by atomic mass is 9.89. The number of carbonyl (C=O) groups excluding carboxylic acids is 1. The van der Waals surface area contributed by atoms with Crippen molar-refractivity contribution >= 4 is 5.97 Å². The maximum Gasteiger partial charge on any atom is 0.306 e. The van der Waals surface area contributed by atoms with E-state index in [9.17, 15) is 4.79 Å². The van der Waals surface area contributed by atoms with E-state index in [1.165, 1.54) is 11.1 Å². The molecular weight excluding hydrogens is 312 g/mol. The summed E-state index contributed by atoms with van der Waals surface area (Å²) in [6, 6.07) is 0. The molecule has 0 amide bonds. The van der Waals surface area contributed by atoms with Gasteiger partial charge in [-0.05, 0) is 40.0 Å². The van der Waals surface area contributed by atoms with Crippen LogP contribution in [0.5, 0.6) is 0 Å². The summed E-state index contributed by atoms with van der Waals surface area (Å²) in [5.74, 6) is -0.106. The van der Waals surface area contributed by atoms with Gasteiger partial charge in [0.25, 0.3) is 0 Å². The van der Waals surface area contributed by atoms with Crippen molar-refractivity contribution in [3.63, 3.8) is 0 Å². The lowest BCUT2D eigenvalue weighted by molar-refractivity contribution is -0.159. The van der Waals surface area contributed by atoms with Gasteiger partial charge < -0.3 is 9.47 Å². The number of esters is 1. The molecule has 0 saturated carbocycles. The van der Waals surface area contributed by atoms with Crippen LogP contribution >= 0.6 is 0 Å².